The number of carbonyl (C=O) groups is 4. The predicted molar refractivity (Wildman–Crippen MR) is 211 cm³/mol. The zero-order valence-electron chi connectivity index (χ0n) is 35.1. The first-order valence-electron chi connectivity index (χ1n) is 20.8. The standard InChI is InChI=1S/C44H69NO11/c1-10-13-32-21-26(2)20-27(3)22-37(53-8)40-38(54-9)24-30(6)44(51,56-40)41(48)42(49)45-19-12-11-14-33(45)43(50)55-39(28(4)15-17-34(32)46)29(5)23-31-16-18-35(47)36(25-31)52-7/h10,21,23,27-28,30-33,35-40,47,51H,1,11-20,22,24-25H2,2-9H3. The molecule has 12 heteroatoms. The molecule has 0 aromatic rings. The van der Waals surface area contributed by atoms with Gasteiger partial charge in [-0.1, -0.05) is 44.6 Å². The number of amides is 1. The lowest BCUT2D eigenvalue weighted by Crippen LogP contribution is -2.64. The molecular weight excluding hydrogens is 718 g/mol. The van der Waals surface area contributed by atoms with Crippen molar-refractivity contribution in [1.29, 1.82) is 0 Å². The van der Waals surface area contributed by atoms with Crippen molar-refractivity contribution < 1.29 is 53.1 Å². The van der Waals surface area contributed by atoms with E-state index in [4.69, 9.17) is 23.7 Å². The number of ketones is 2. The molecule has 2 saturated heterocycles. The molecule has 3 fully saturated rings. The summed E-state index contributed by atoms with van der Waals surface area (Å²) in [6, 6.07) is -1.05. The first kappa shape index (κ1) is 46.0. The molecule has 2 bridgehead atoms. The maximum atomic E-state index is 14.3. The van der Waals surface area contributed by atoms with Crippen molar-refractivity contribution in [3.63, 3.8) is 0 Å². The Morgan fingerprint density at radius 1 is 0.964 bits per heavy atom. The number of aliphatic hydroxyl groups is 2. The number of Topliss-reactive ketones (excluding diaryl/α,β-unsaturated/α-hetero) is 2. The second-order valence-electron chi connectivity index (χ2n) is 17.2. The summed E-state index contributed by atoms with van der Waals surface area (Å²) in [7, 11) is 4.68. The van der Waals surface area contributed by atoms with Crippen LogP contribution in [0.1, 0.15) is 112 Å². The monoisotopic (exact) mass is 787 g/mol. The van der Waals surface area contributed by atoms with Crippen LogP contribution in [0.15, 0.2) is 36.0 Å². The van der Waals surface area contributed by atoms with E-state index in [2.05, 4.69) is 19.6 Å². The van der Waals surface area contributed by atoms with E-state index in [9.17, 15) is 29.4 Å². The summed E-state index contributed by atoms with van der Waals surface area (Å²) in [5.74, 6) is -6.43. The van der Waals surface area contributed by atoms with E-state index in [1.165, 1.54) is 4.90 Å². The lowest BCUT2D eigenvalue weighted by Gasteiger charge is -2.47. The molecule has 13 unspecified atom stereocenters. The van der Waals surface area contributed by atoms with Gasteiger partial charge in [-0.25, -0.2) is 4.79 Å². The van der Waals surface area contributed by atoms with Gasteiger partial charge in [0.2, 0.25) is 5.79 Å². The van der Waals surface area contributed by atoms with Crippen LogP contribution in [0, 0.1) is 29.6 Å². The van der Waals surface area contributed by atoms with Crippen molar-refractivity contribution in [2.75, 3.05) is 27.9 Å². The lowest BCUT2D eigenvalue weighted by molar-refractivity contribution is -0.302. The van der Waals surface area contributed by atoms with Crippen LogP contribution >= 0.6 is 0 Å². The summed E-state index contributed by atoms with van der Waals surface area (Å²) < 4.78 is 29.9. The summed E-state index contributed by atoms with van der Waals surface area (Å²) >= 11 is 0. The molecule has 4 rings (SSSR count). The van der Waals surface area contributed by atoms with Gasteiger partial charge in [-0.05, 0) is 108 Å². The normalized spacial score (nSPS) is 39.2. The van der Waals surface area contributed by atoms with Crippen molar-refractivity contribution in [1.82, 2.24) is 4.90 Å². The van der Waals surface area contributed by atoms with Gasteiger partial charge in [0.05, 0.1) is 24.4 Å². The minimum Gasteiger partial charge on any atom is -0.456 e. The van der Waals surface area contributed by atoms with Crippen molar-refractivity contribution in [3.05, 3.63) is 36.0 Å². The van der Waals surface area contributed by atoms with Crippen molar-refractivity contribution in [3.8, 4) is 0 Å². The van der Waals surface area contributed by atoms with Gasteiger partial charge in [-0.2, -0.15) is 0 Å². The van der Waals surface area contributed by atoms with Crippen LogP contribution in [0.3, 0.4) is 0 Å². The number of piperidine rings is 1. The van der Waals surface area contributed by atoms with Gasteiger partial charge >= 0.3 is 5.97 Å². The molecule has 4 aliphatic rings. The molecule has 0 spiro atoms. The number of cyclic esters (lactones) is 1. The maximum absolute atomic E-state index is 14.3. The van der Waals surface area contributed by atoms with E-state index >= 15 is 0 Å². The molecule has 316 valence electrons. The number of aliphatic hydroxyl groups excluding tert-OH is 1. The predicted octanol–water partition coefficient (Wildman–Crippen LogP) is 5.67. The number of nitrogens with zero attached hydrogens (tertiary/aromatic N) is 1. The summed E-state index contributed by atoms with van der Waals surface area (Å²) in [6.07, 6.45) is 8.39. The molecule has 3 aliphatic heterocycles. The van der Waals surface area contributed by atoms with Gasteiger partial charge in [0.15, 0.2) is 0 Å². The smallest absolute Gasteiger partial charge is 0.329 e. The summed E-state index contributed by atoms with van der Waals surface area (Å²) in [5, 5.41) is 22.4. The average Bonchev–Trinajstić information content (AvgIpc) is 3.18. The van der Waals surface area contributed by atoms with E-state index in [1.807, 2.05) is 26.8 Å². The number of methoxy groups -OCH3 is 3. The molecule has 0 aromatic carbocycles. The summed E-state index contributed by atoms with van der Waals surface area (Å²) in [6.45, 7) is 13.7. The van der Waals surface area contributed by atoms with Crippen LogP contribution in [0.25, 0.3) is 0 Å². The van der Waals surface area contributed by atoms with Crippen molar-refractivity contribution in [2.45, 2.75) is 160 Å². The zero-order chi connectivity index (χ0) is 41.3. The van der Waals surface area contributed by atoms with Gasteiger partial charge in [-0.15, -0.1) is 6.58 Å². The second-order valence-corrected chi connectivity index (χ2v) is 17.2. The quantitative estimate of drug-likeness (QED) is 0.186. The molecule has 56 heavy (non-hydrogen) atoms. The third kappa shape index (κ3) is 11.0. The molecule has 13 atom stereocenters. The number of hydrogen-bond donors (Lipinski definition) is 2. The Kier molecular flexibility index (Phi) is 17.1. The fourth-order valence-electron chi connectivity index (χ4n) is 9.43. The van der Waals surface area contributed by atoms with Gasteiger partial charge in [0, 0.05) is 46.1 Å². The Morgan fingerprint density at radius 2 is 1.64 bits per heavy atom. The SMILES string of the molecule is C=CCC1C=C(C)CC(C)CC(OC)C2OC(O)(C(=O)C(=O)N3CCCCC3C(=O)OC(C(C)=CC3CCC(O)C(OC)C3)C(C)CCC1=O)C(C)CC2OC. The molecule has 12 nitrogen and oxygen atoms in total. The molecule has 2 N–H and O–H groups in total. The number of allylic oxidation sites excluding steroid dienone is 4. The third-order valence-electron chi connectivity index (χ3n) is 12.7. The Labute approximate surface area is 334 Å². The minimum atomic E-state index is -2.47. The van der Waals surface area contributed by atoms with E-state index in [1.54, 1.807) is 34.3 Å². The van der Waals surface area contributed by atoms with Gasteiger partial charge < -0.3 is 38.8 Å². The fraction of sp³-hybridized carbons (Fsp3) is 0.773. The number of fused-ring (bicyclic) bond motifs is 3. The molecule has 0 aromatic heterocycles. The van der Waals surface area contributed by atoms with E-state index < -0.39 is 65.9 Å². The van der Waals surface area contributed by atoms with E-state index in [-0.39, 0.29) is 61.4 Å². The topological polar surface area (TPSA) is 158 Å². The van der Waals surface area contributed by atoms with Crippen LogP contribution in [0.2, 0.25) is 0 Å². The highest BCUT2D eigenvalue weighted by Crippen LogP contribution is 2.39. The zero-order valence-corrected chi connectivity index (χ0v) is 35.1. The maximum Gasteiger partial charge on any atom is 0.329 e. The highest BCUT2D eigenvalue weighted by Gasteiger charge is 2.56. The first-order chi connectivity index (χ1) is 26.6. The summed E-state index contributed by atoms with van der Waals surface area (Å²) in [4.78, 5) is 57.8. The van der Waals surface area contributed by atoms with Crippen molar-refractivity contribution in [2.24, 2.45) is 29.6 Å². The molecule has 1 saturated carbocycles. The number of rotatable bonds is 7. The molecule has 3 heterocycles. The molecule has 1 aliphatic carbocycles. The Morgan fingerprint density at radius 3 is 2.30 bits per heavy atom. The average molecular weight is 788 g/mol. The minimum absolute atomic E-state index is 0.0649. The van der Waals surface area contributed by atoms with Gasteiger partial charge in [0.25, 0.3) is 11.7 Å². The van der Waals surface area contributed by atoms with Crippen LogP contribution in [0.5, 0.6) is 0 Å². The van der Waals surface area contributed by atoms with Gasteiger partial charge in [0.1, 0.15) is 24.0 Å². The number of hydrogen-bond acceptors (Lipinski definition) is 11. The molecule has 1 amide bonds. The number of esters is 1. The van der Waals surface area contributed by atoms with Crippen LogP contribution in [-0.2, 0) is 42.9 Å². The largest absolute Gasteiger partial charge is 0.456 e. The fourth-order valence-corrected chi connectivity index (χ4v) is 9.43. The Hall–Kier alpha value is -2.74. The molecular formula is C44H69NO11. The van der Waals surface area contributed by atoms with Crippen LogP contribution in [0.4, 0.5) is 0 Å². The van der Waals surface area contributed by atoms with E-state index in [0.29, 0.717) is 51.4 Å². The lowest BCUT2D eigenvalue weighted by atomic mass is 9.82. The Balaban J connectivity index is 1.75. The van der Waals surface area contributed by atoms with Gasteiger partial charge in [-0.3, -0.25) is 14.4 Å². The highest BCUT2D eigenvalue weighted by molar-refractivity contribution is 6.39. The van der Waals surface area contributed by atoms with Crippen molar-refractivity contribution >= 4 is 23.4 Å². The molecule has 0 radical (unpaired) electrons. The third-order valence-corrected chi connectivity index (χ3v) is 12.7. The second kappa shape index (κ2) is 20.8. The summed E-state index contributed by atoms with van der Waals surface area (Å²) in [5.41, 5.74) is 1.86. The number of carbonyl (C=O) groups excluding carboxylic acids is 4. The number of ether oxygens (including phenoxy) is 5. The van der Waals surface area contributed by atoms with E-state index in [0.717, 1.165) is 17.6 Å². The van der Waals surface area contributed by atoms with Crippen LogP contribution in [-0.4, -0.2) is 115 Å². The Bertz CT molecular complexity index is 1440. The first-order valence-corrected chi connectivity index (χ1v) is 20.8. The van der Waals surface area contributed by atoms with Crippen LogP contribution < -0.4 is 0 Å². The highest BCUT2D eigenvalue weighted by atomic mass is 16.7.